The summed E-state index contributed by atoms with van der Waals surface area (Å²) in [5.74, 6) is -0.734. The molecule has 1 aromatic heterocycles. The minimum Gasteiger partial charge on any atom is -0.497 e. The van der Waals surface area contributed by atoms with Crippen molar-refractivity contribution in [3.05, 3.63) is 385 Å². The van der Waals surface area contributed by atoms with E-state index in [-0.39, 0.29) is 90.7 Å². The number of benzene rings is 9. The van der Waals surface area contributed by atoms with Gasteiger partial charge in [0, 0.05) is 80.4 Å². The third-order valence-electron chi connectivity index (χ3n) is 24.3. The molecule has 0 spiro atoms. The van der Waals surface area contributed by atoms with Crippen LogP contribution in [0.3, 0.4) is 0 Å². The Morgan fingerprint density at radius 3 is 1.31 bits per heavy atom. The molecule has 0 radical (unpaired) electrons. The average molecular weight is 1930 g/mol. The van der Waals surface area contributed by atoms with E-state index in [1.54, 1.807) is 43.8 Å². The van der Waals surface area contributed by atoms with Crippen LogP contribution >= 0.6 is 11.3 Å². The summed E-state index contributed by atoms with van der Waals surface area (Å²) < 4.78 is 73.6. The molecule has 25 heteroatoms. The summed E-state index contributed by atoms with van der Waals surface area (Å²) in [5.41, 5.74) is 17.3. The molecule has 0 unspecified atom stereocenters. The third kappa shape index (κ3) is 32.8. The smallest absolute Gasteiger partial charge is 0.373 e. The van der Waals surface area contributed by atoms with Gasteiger partial charge < -0.3 is 92.4 Å². The van der Waals surface area contributed by atoms with Crippen molar-refractivity contribution in [2.45, 2.75) is 211 Å². The minimum absolute atomic E-state index is 0.00273. The summed E-state index contributed by atoms with van der Waals surface area (Å²) in [6.45, 7) is 12.7. The number of unbranched alkanes of at least 4 members (excludes halogenated alkanes) is 5. The number of amides is 1. The summed E-state index contributed by atoms with van der Waals surface area (Å²) in [7, 11) is 3.24. The largest absolute Gasteiger partial charge is 0.497 e. The quantitative estimate of drug-likeness (QED) is 0.0118. The second-order valence-corrected chi connectivity index (χ2v) is 35.3. The highest BCUT2D eigenvalue weighted by atomic mass is 32.1. The number of nitrogens with one attached hydrogen (secondary N) is 1. The van der Waals surface area contributed by atoms with Gasteiger partial charge in [0.05, 0.1) is 60.5 Å². The Kier molecular flexibility index (Phi) is 42.5. The molecule has 9 aromatic carbocycles. The Morgan fingerprint density at radius 1 is 0.414 bits per heavy atom. The number of fused-ring (bicyclic) bond motifs is 3. The van der Waals surface area contributed by atoms with E-state index >= 15 is 0 Å². The highest BCUT2D eigenvalue weighted by molar-refractivity contribution is 7.08. The van der Waals surface area contributed by atoms with Gasteiger partial charge in [0.25, 0.3) is 5.91 Å². The first kappa shape index (κ1) is 106. The highest BCUT2D eigenvalue weighted by Gasteiger charge is 2.36. The van der Waals surface area contributed by atoms with Crippen LogP contribution in [0.15, 0.2) is 313 Å². The van der Waals surface area contributed by atoms with Gasteiger partial charge in [-0.25, -0.2) is 14.4 Å². The maximum atomic E-state index is 13.0. The number of Topliss-reactive ketones (excluding diaryl/α,β-unsaturated/α-hetero) is 1. The molecule has 738 valence electrons. The van der Waals surface area contributed by atoms with Gasteiger partial charge in [-0.1, -0.05) is 247 Å². The molecule has 16 rings (SSSR count). The van der Waals surface area contributed by atoms with Crippen LogP contribution in [0.25, 0.3) is 11.1 Å². The number of aliphatic hydroxyl groups is 3. The number of anilines is 1. The van der Waals surface area contributed by atoms with Crippen molar-refractivity contribution in [3.8, 4) is 22.6 Å². The number of carboxylic acids is 2. The predicted octanol–water partition coefficient (Wildman–Crippen LogP) is 22.2. The molecule has 0 fully saturated rings. The zero-order valence-electron chi connectivity index (χ0n) is 80.2. The van der Waals surface area contributed by atoms with Crippen molar-refractivity contribution in [2.24, 2.45) is 0 Å². The van der Waals surface area contributed by atoms with Crippen LogP contribution in [-0.4, -0.2) is 134 Å². The molecular weight excluding hydrogens is 1800 g/mol. The molecule has 6 aliphatic rings. The van der Waals surface area contributed by atoms with Gasteiger partial charge in [-0.05, 0) is 206 Å². The first-order chi connectivity index (χ1) is 68.3. The van der Waals surface area contributed by atoms with Crippen LogP contribution in [0.2, 0.25) is 0 Å². The maximum Gasteiger partial charge on any atom is 0.373 e. The van der Waals surface area contributed by atoms with Crippen molar-refractivity contribution in [3.63, 3.8) is 0 Å². The number of carboxylic acid groups (broad SMARTS) is 2. The summed E-state index contributed by atoms with van der Waals surface area (Å²) in [6, 6.07) is 75.0. The molecule has 1 amide bonds. The number of hydrogen-bond donors (Lipinski definition) is 6. The van der Waals surface area contributed by atoms with Gasteiger partial charge in [0.2, 0.25) is 54.5 Å². The van der Waals surface area contributed by atoms with Crippen molar-refractivity contribution in [1.29, 1.82) is 0 Å². The number of aryl methyl sites for hydroxylation is 1. The second kappa shape index (κ2) is 56.3. The molecule has 1 aliphatic carbocycles. The minimum atomic E-state index is -1.12. The molecule has 0 bridgehead atoms. The molecule has 10 aromatic rings. The fraction of sp³-hybridized carbons (Fsp3) is 0.348. The zero-order chi connectivity index (χ0) is 98.8. The lowest BCUT2D eigenvalue weighted by Gasteiger charge is -2.29. The van der Waals surface area contributed by atoms with E-state index in [0.29, 0.717) is 89.4 Å². The molecule has 6 N–H and O–H groups in total. The van der Waals surface area contributed by atoms with Gasteiger partial charge >= 0.3 is 17.9 Å². The van der Waals surface area contributed by atoms with E-state index in [2.05, 4.69) is 99.4 Å². The van der Waals surface area contributed by atoms with Crippen molar-refractivity contribution >= 4 is 46.6 Å². The first-order valence-electron chi connectivity index (χ1n) is 48.1. The standard InChI is InChI=1S/C28H29NO4.C27H30O4.C24H28O5.C21H22O6.C15H20O4S/c1-2-20-12-14-23(15-13-20)24-16-26(28(31)29-25-6-4-3-5-7-25)33-27(17-24)32-19-22-10-8-21(18-30)9-11-22;1-3-5-8-14-29-26-18-21(17-25(31-26)27(28)30-13-4-2)19-11-12-24-22(15-19)16-20-9-6-7-10-23(20)24;1-27-21-11-9-19(10-12-21)20-16-23(22(26)15-18-7-3-2-4-8-18)29-24(17-20)28-14-6-5-13-25;1-25-18-8-6-16(7-9-18)17-10-19(21(23)24)27-20(11-17)26-13-15-4-2-14(12-22)3-5-15;1-2-3-4-6-18-14-9-12(11-5-7-20-10-11)8-13(19-14)15(16)17/h3-16,24,27,30H,2,17-19H2,1H3,(H,29,31);4,6-7,9-12,15,17,21,26H,2-3,5,8,13-14,16,18H2,1H3;2-4,7-12,16,20,24-25H,5-6,13-15,17H2,1H3;2-10,17,20,22H,11-13H2,1H3,(H,23,24);5,7-8,10,12,14H,2-4,6,9H2,1H3,(H,16,17)/t24-,27+;21-,26+;20-,24+;17-,20+;12-,14+/m00010/s1. The topological polar surface area (TPSA) is 319 Å². The van der Waals surface area contributed by atoms with Gasteiger partial charge in [0.15, 0.2) is 11.5 Å². The Bertz CT molecular complexity index is 5700. The molecule has 6 heterocycles. The zero-order valence-corrected chi connectivity index (χ0v) is 81.0. The molecule has 5 aliphatic heterocycles. The van der Waals surface area contributed by atoms with E-state index in [0.717, 1.165) is 119 Å². The summed E-state index contributed by atoms with van der Waals surface area (Å²) in [6.07, 6.45) is 21.1. The molecule has 24 nitrogen and oxygen atoms in total. The Morgan fingerprint density at radius 2 is 0.829 bits per heavy atom. The molecular formula is C115H129NO23S. The van der Waals surface area contributed by atoms with E-state index in [9.17, 15) is 34.2 Å². The second-order valence-electron chi connectivity index (χ2n) is 34.5. The summed E-state index contributed by atoms with van der Waals surface area (Å²) in [4.78, 5) is 60.9. The van der Waals surface area contributed by atoms with Gasteiger partial charge in [0.1, 0.15) is 18.1 Å². The molecule has 140 heavy (non-hydrogen) atoms. The van der Waals surface area contributed by atoms with Crippen molar-refractivity contribution in [1.82, 2.24) is 0 Å². The van der Waals surface area contributed by atoms with Gasteiger partial charge in [-0.2, -0.15) is 11.3 Å². The lowest BCUT2D eigenvalue weighted by molar-refractivity contribution is -0.160. The average Bonchev–Trinajstić information content (AvgIpc) is 1.63. The maximum absolute atomic E-state index is 13.0. The van der Waals surface area contributed by atoms with Gasteiger partial charge in [-0.3, -0.25) is 9.59 Å². The number of methoxy groups -OCH3 is 2. The lowest BCUT2D eigenvalue weighted by Crippen LogP contribution is -2.29. The number of hydrogen-bond acceptors (Lipinski definition) is 22. The van der Waals surface area contributed by atoms with Crippen LogP contribution in [0.5, 0.6) is 11.5 Å². The molecule has 10 atom stereocenters. The Labute approximate surface area is 824 Å². The lowest BCUT2D eigenvalue weighted by atomic mass is 9.90. The van der Waals surface area contributed by atoms with Crippen LogP contribution in [0.4, 0.5) is 5.69 Å². The molecule has 0 saturated carbocycles. The van der Waals surface area contributed by atoms with E-state index < -0.39 is 49.4 Å². The van der Waals surface area contributed by atoms with Gasteiger partial charge in [-0.15, -0.1) is 0 Å². The number of carbonyl (C=O) groups excluding carboxylic acids is 3. The monoisotopic (exact) mass is 1920 g/mol. The number of ketones is 1. The Hall–Kier alpha value is -13.1. The number of thiophene rings is 1. The van der Waals surface area contributed by atoms with E-state index in [4.69, 9.17) is 76.9 Å². The number of esters is 1. The number of allylic oxidation sites excluding steroid dienone is 6. The third-order valence-corrected chi connectivity index (χ3v) is 25.0. The molecule has 0 saturated heterocycles. The van der Waals surface area contributed by atoms with Crippen LogP contribution in [0, 0.1) is 0 Å². The summed E-state index contributed by atoms with van der Waals surface area (Å²) >= 11 is 1.61. The number of ether oxygens (including phenoxy) is 13. The number of carbonyl (C=O) groups is 5. The fourth-order valence-electron chi connectivity index (χ4n) is 16.6. The number of aliphatic hydroxyl groups excluding tert-OH is 3. The summed E-state index contributed by atoms with van der Waals surface area (Å²) in [5, 5.41) is 52.7. The number of para-hydroxylation sites is 1. The van der Waals surface area contributed by atoms with Crippen LogP contribution < -0.4 is 14.8 Å². The SMILES string of the molecule is C=CCOC(=O)C1=C[C@H](c2ccc3c(c2)Cc2ccccc2-3)C[C@H](OCCCCC)O1.CCCCCO[C@H]1C[C@@H](c2ccsc2)C=C(C(=O)O)O1.CCc1ccc([C@H]2C=C(C(=O)Nc3ccccc3)O[C@@H](OCc3ccc(CO)cc3)C2)cc1.COc1ccc([C@@H]2C=C(C(=O)O)O[C@H](OCc3ccc(CO)cc3)C2)cc1.COc1ccc([C@H]2C=C(C(=O)Cc3ccccc3)O[C@@H](OCCCCO)C2)cc1. The normalized spacial score (nSPS) is 19.1. The van der Waals surface area contributed by atoms with Crippen molar-refractivity contribution < 1.29 is 111 Å². The fourth-order valence-corrected chi connectivity index (χ4v) is 17.3. The first-order valence-corrected chi connectivity index (χ1v) is 49.0. The highest BCUT2D eigenvalue weighted by Crippen LogP contribution is 2.43. The Balaban J connectivity index is 0.000000158. The van der Waals surface area contributed by atoms with E-state index in [1.165, 1.54) is 33.4 Å². The van der Waals surface area contributed by atoms with E-state index in [1.807, 2.05) is 193 Å². The predicted molar refractivity (Wildman–Crippen MR) is 537 cm³/mol. The van der Waals surface area contributed by atoms with Crippen LogP contribution in [0.1, 0.15) is 206 Å². The van der Waals surface area contributed by atoms with Crippen LogP contribution in [-0.2, 0) is 122 Å². The van der Waals surface area contributed by atoms with Crippen molar-refractivity contribution in [2.75, 3.05) is 52.6 Å². The number of aliphatic carboxylic acids is 2. The number of rotatable bonds is 41.